The van der Waals surface area contributed by atoms with Crippen LogP contribution in [0.2, 0.25) is 0 Å². The van der Waals surface area contributed by atoms with E-state index in [0.29, 0.717) is 36.6 Å². The molecule has 2 aliphatic heterocycles. The molecule has 0 aliphatic carbocycles. The lowest BCUT2D eigenvalue weighted by molar-refractivity contribution is -0.1000. The predicted molar refractivity (Wildman–Crippen MR) is 94.2 cm³/mol. The molecule has 1 fully saturated rings. The van der Waals surface area contributed by atoms with Gasteiger partial charge in [-0.15, -0.1) is 0 Å². The number of rotatable bonds is 5. The van der Waals surface area contributed by atoms with Crippen molar-refractivity contribution < 1.29 is 24.4 Å². The fourth-order valence-electron chi connectivity index (χ4n) is 4.18. The SMILES string of the molecule is CC1(C)CC(O)CC(C)(C)N1C[C@@H](O)COc1ccc2c(c1)OCO2. The maximum absolute atomic E-state index is 10.5. The highest BCUT2D eigenvalue weighted by Gasteiger charge is 2.45. The lowest BCUT2D eigenvalue weighted by Crippen LogP contribution is -2.63. The topological polar surface area (TPSA) is 71.4 Å². The van der Waals surface area contributed by atoms with Crippen LogP contribution in [0.15, 0.2) is 18.2 Å². The third kappa shape index (κ3) is 4.02. The van der Waals surface area contributed by atoms with Crippen LogP contribution in [-0.2, 0) is 0 Å². The first-order valence-corrected chi connectivity index (χ1v) is 8.84. The minimum absolute atomic E-state index is 0.180. The third-order valence-corrected chi connectivity index (χ3v) is 5.11. The molecule has 140 valence electrons. The fraction of sp³-hybridized carbons (Fsp3) is 0.684. The second kappa shape index (κ2) is 6.67. The first kappa shape index (κ1) is 18.3. The Morgan fingerprint density at radius 2 is 1.80 bits per heavy atom. The molecule has 1 aromatic rings. The molecule has 0 radical (unpaired) electrons. The second-order valence-corrected chi connectivity index (χ2v) is 8.28. The summed E-state index contributed by atoms with van der Waals surface area (Å²) in [7, 11) is 0. The molecule has 25 heavy (non-hydrogen) atoms. The van der Waals surface area contributed by atoms with E-state index in [4.69, 9.17) is 14.2 Å². The first-order valence-electron chi connectivity index (χ1n) is 8.84. The van der Waals surface area contributed by atoms with Crippen molar-refractivity contribution in [3.63, 3.8) is 0 Å². The van der Waals surface area contributed by atoms with Gasteiger partial charge in [0.05, 0.1) is 6.10 Å². The molecule has 0 bridgehead atoms. The van der Waals surface area contributed by atoms with Gasteiger partial charge in [-0.05, 0) is 52.7 Å². The van der Waals surface area contributed by atoms with Crippen molar-refractivity contribution in [1.82, 2.24) is 4.90 Å². The van der Waals surface area contributed by atoms with Crippen molar-refractivity contribution in [1.29, 1.82) is 0 Å². The van der Waals surface area contributed by atoms with Crippen LogP contribution in [0.4, 0.5) is 0 Å². The molecule has 0 aromatic heterocycles. The summed E-state index contributed by atoms with van der Waals surface area (Å²) >= 11 is 0. The molecule has 6 nitrogen and oxygen atoms in total. The van der Waals surface area contributed by atoms with Crippen LogP contribution < -0.4 is 14.2 Å². The van der Waals surface area contributed by atoms with Crippen LogP contribution >= 0.6 is 0 Å². The van der Waals surface area contributed by atoms with Gasteiger partial charge in [0.1, 0.15) is 18.5 Å². The summed E-state index contributed by atoms with van der Waals surface area (Å²) in [5.41, 5.74) is -0.359. The van der Waals surface area contributed by atoms with E-state index in [9.17, 15) is 10.2 Å². The van der Waals surface area contributed by atoms with Gasteiger partial charge in [-0.3, -0.25) is 4.90 Å². The van der Waals surface area contributed by atoms with Crippen molar-refractivity contribution in [2.75, 3.05) is 19.9 Å². The van der Waals surface area contributed by atoms with Crippen molar-refractivity contribution in [3.05, 3.63) is 18.2 Å². The van der Waals surface area contributed by atoms with Gasteiger partial charge in [0.15, 0.2) is 11.5 Å². The Balaban J connectivity index is 1.59. The Morgan fingerprint density at radius 3 is 2.48 bits per heavy atom. The molecular weight excluding hydrogens is 322 g/mol. The zero-order valence-corrected chi connectivity index (χ0v) is 15.5. The number of fused-ring (bicyclic) bond motifs is 1. The molecule has 1 saturated heterocycles. The lowest BCUT2D eigenvalue weighted by Gasteiger charge is -2.54. The van der Waals surface area contributed by atoms with Crippen LogP contribution in [-0.4, -0.2) is 58.3 Å². The molecule has 2 N–H and O–H groups in total. The summed E-state index contributed by atoms with van der Waals surface area (Å²) in [6.45, 7) is 9.38. The summed E-state index contributed by atoms with van der Waals surface area (Å²) in [4.78, 5) is 2.28. The summed E-state index contributed by atoms with van der Waals surface area (Å²) in [5.74, 6) is 2.03. The maximum atomic E-state index is 10.5. The molecular formula is C19H29NO5. The monoisotopic (exact) mass is 351 g/mol. The maximum Gasteiger partial charge on any atom is 0.231 e. The molecule has 0 unspecified atom stereocenters. The number of piperidine rings is 1. The van der Waals surface area contributed by atoms with Gasteiger partial charge < -0.3 is 24.4 Å². The number of β-amino-alcohol motifs (C(OH)–C–C–N with tert-alkyl or cyclic N) is 1. The standard InChI is InChI=1S/C19H29NO5/c1-18(2)8-13(21)9-19(3,4)20(18)10-14(22)11-23-15-5-6-16-17(7-15)25-12-24-16/h5-7,13-14,21-22H,8-12H2,1-4H3/t14-/m1/s1. The highest BCUT2D eigenvalue weighted by Crippen LogP contribution is 2.38. The van der Waals surface area contributed by atoms with E-state index >= 15 is 0 Å². The third-order valence-electron chi connectivity index (χ3n) is 5.11. The molecule has 3 rings (SSSR count). The van der Waals surface area contributed by atoms with E-state index in [0.717, 1.165) is 0 Å². The minimum atomic E-state index is -0.626. The molecule has 0 spiro atoms. The van der Waals surface area contributed by atoms with E-state index in [1.165, 1.54) is 0 Å². The fourth-order valence-corrected chi connectivity index (χ4v) is 4.18. The smallest absolute Gasteiger partial charge is 0.231 e. The van der Waals surface area contributed by atoms with Gasteiger partial charge in [-0.1, -0.05) is 0 Å². The quantitative estimate of drug-likeness (QED) is 0.847. The highest BCUT2D eigenvalue weighted by molar-refractivity contribution is 5.46. The van der Waals surface area contributed by atoms with Gasteiger partial charge in [-0.25, -0.2) is 0 Å². The molecule has 6 heteroatoms. The summed E-state index contributed by atoms with van der Waals surface area (Å²) in [6.07, 6.45) is 0.473. The molecule has 1 atom stereocenters. The number of hydrogen-bond acceptors (Lipinski definition) is 6. The Hall–Kier alpha value is -1.50. The van der Waals surface area contributed by atoms with Gasteiger partial charge in [0.25, 0.3) is 0 Å². The van der Waals surface area contributed by atoms with Crippen LogP contribution in [0.3, 0.4) is 0 Å². The number of aliphatic hydroxyl groups excluding tert-OH is 2. The van der Waals surface area contributed by atoms with Crippen LogP contribution in [0, 0.1) is 0 Å². The van der Waals surface area contributed by atoms with Gasteiger partial charge in [-0.2, -0.15) is 0 Å². The number of ether oxygens (including phenoxy) is 3. The molecule has 1 aromatic carbocycles. The normalized spacial score (nSPS) is 23.4. The number of hydrogen-bond donors (Lipinski definition) is 2. The largest absolute Gasteiger partial charge is 0.491 e. The molecule has 0 amide bonds. The molecule has 2 aliphatic rings. The number of benzene rings is 1. The lowest BCUT2D eigenvalue weighted by atomic mass is 9.78. The Labute approximate surface area is 149 Å². The van der Waals surface area contributed by atoms with E-state index in [2.05, 4.69) is 32.6 Å². The Bertz CT molecular complexity index is 598. The number of nitrogens with zero attached hydrogens (tertiary/aromatic N) is 1. The van der Waals surface area contributed by atoms with Gasteiger partial charge >= 0.3 is 0 Å². The summed E-state index contributed by atoms with van der Waals surface area (Å²) in [5, 5.41) is 20.6. The van der Waals surface area contributed by atoms with Crippen molar-refractivity contribution >= 4 is 0 Å². The zero-order valence-electron chi connectivity index (χ0n) is 15.5. The average Bonchev–Trinajstić information content (AvgIpc) is 2.95. The van der Waals surface area contributed by atoms with Crippen molar-refractivity contribution in [3.8, 4) is 17.2 Å². The molecule has 2 heterocycles. The summed E-state index contributed by atoms with van der Waals surface area (Å²) in [6, 6.07) is 5.40. The minimum Gasteiger partial charge on any atom is -0.491 e. The van der Waals surface area contributed by atoms with E-state index in [-0.39, 0.29) is 30.6 Å². The van der Waals surface area contributed by atoms with E-state index < -0.39 is 6.10 Å². The first-order chi connectivity index (χ1) is 11.7. The summed E-state index contributed by atoms with van der Waals surface area (Å²) < 4.78 is 16.3. The Kier molecular flexibility index (Phi) is 4.88. The average molecular weight is 351 g/mol. The van der Waals surface area contributed by atoms with Crippen LogP contribution in [0.25, 0.3) is 0 Å². The van der Waals surface area contributed by atoms with Gasteiger partial charge in [0.2, 0.25) is 6.79 Å². The van der Waals surface area contributed by atoms with Crippen molar-refractivity contribution in [2.24, 2.45) is 0 Å². The van der Waals surface area contributed by atoms with Crippen LogP contribution in [0.5, 0.6) is 17.2 Å². The highest BCUT2D eigenvalue weighted by atomic mass is 16.7. The number of likely N-dealkylation sites (tertiary alicyclic amines) is 1. The van der Waals surface area contributed by atoms with E-state index in [1.807, 2.05) is 12.1 Å². The number of aliphatic hydroxyl groups is 2. The Morgan fingerprint density at radius 1 is 1.16 bits per heavy atom. The van der Waals surface area contributed by atoms with Crippen molar-refractivity contribution in [2.45, 2.75) is 63.8 Å². The second-order valence-electron chi connectivity index (χ2n) is 8.28. The molecule has 0 saturated carbocycles. The van der Waals surface area contributed by atoms with E-state index in [1.54, 1.807) is 6.07 Å². The van der Waals surface area contributed by atoms with Crippen LogP contribution in [0.1, 0.15) is 40.5 Å². The predicted octanol–water partition coefficient (Wildman–Crippen LogP) is 2.17. The van der Waals surface area contributed by atoms with Gasteiger partial charge in [0, 0.05) is 23.7 Å². The zero-order chi connectivity index (χ0) is 18.2.